The third-order valence-electron chi connectivity index (χ3n) is 10.3. The van der Waals surface area contributed by atoms with Gasteiger partial charge >= 0.3 is 0 Å². The minimum absolute atomic E-state index is 0.157. The molecule has 5 N–H and O–H groups in total. The lowest BCUT2D eigenvalue weighted by Gasteiger charge is -2.30. The third kappa shape index (κ3) is 3.13. The van der Waals surface area contributed by atoms with E-state index in [0.29, 0.717) is 6.42 Å². The second kappa shape index (κ2) is 8.51. The number of phenolic OH excluding ortho intramolecular Hbond substituents is 5. The van der Waals surface area contributed by atoms with Crippen LogP contribution in [0.3, 0.4) is 0 Å². The maximum atomic E-state index is 11.3. The van der Waals surface area contributed by atoms with Crippen LogP contribution >= 0.6 is 0 Å². The fourth-order valence-corrected chi connectivity index (χ4v) is 8.17. The van der Waals surface area contributed by atoms with Gasteiger partial charge in [0.1, 0.15) is 5.69 Å². The SMILES string of the molecule is CC1(C)c2ccccc2-c2cc3c(cc21)N(c1c(O)c(O)c(O)c(O)c1O)C1=Cc2c(c4ccccc4c4ccccc24)CC13. The molecule has 0 saturated carbocycles. The quantitative estimate of drug-likeness (QED) is 0.0745. The van der Waals surface area contributed by atoms with Gasteiger partial charge in [-0.25, -0.2) is 0 Å². The van der Waals surface area contributed by atoms with E-state index in [0.717, 1.165) is 44.4 Å². The molecule has 6 aromatic rings. The van der Waals surface area contributed by atoms with E-state index in [-0.39, 0.29) is 17.0 Å². The van der Waals surface area contributed by atoms with Crippen LogP contribution in [0, 0.1) is 0 Å². The molecule has 0 amide bonds. The molecule has 1 atom stereocenters. The van der Waals surface area contributed by atoms with Crippen LogP contribution in [-0.2, 0) is 11.8 Å². The highest BCUT2D eigenvalue weighted by Gasteiger charge is 2.45. The van der Waals surface area contributed by atoms with Crippen molar-refractivity contribution >= 4 is 39.0 Å². The van der Waals surface area contributed by atoms with Gasteiger partial charge in [-0.15, -0.1) is 0 Å². The predicted molar refractivity (Wildman–Crippen MR) is 177 cm³/mol. The number of rotatable bonds is 1. The van der Waals surface area contributed by atoms with E-state index >= 15 is 0 Å². The molecule has 6 aromatic carbocycles. The molecule has 220 valence electrons. The molecule has 6 heteroatoms. The van der Waals surface area contributed by atoms with Crippen molar-refractivity contribution in [3.63, 3.8) is 0 Å². The van der Waals surface area contributed by atoms with Gasteiger partial charge in [-0.05, 0) is 85.1 Å². The number of anilines is 2. The Kier molecular flexibility index (Phi) is 4.89. The van der Waals surface area contributed by atoms with E-state index in [4.69, 9.17) is 0 Å². The minimum Gasteiger partial charge on any atom is -0.503 e. The molecule has 0 spiro atoms. The largest absolute Gasteiger partial charge is 0.503 e. The van der Waals surface area contributed by atoms with Gasteiger partial charge in [0.2, 0.25) is 17.2 Å². The summed E-state index contributed by atoms with van der Waals surface area (Å²) < 4.78 is 0. The summed E-state index contributed by atoms with van der Waals surface area (Å²) in [4.78, 5) is 1.75. The molecule has 1 unspecified atom stereocenters. The van der Waals surface area contributed by atoms with E-state index in [9.17, 15) is 25.5 Å². The van der Waals surface area contributed by atoms with E-state index in [1.807, 2.05) is 12.1 Å². The molecule has 6 nitrogen and oxygen atoms in total. The van der Waals surface area contributed by atoms with Crippen LogP contribution in [0.1, 0.15) is 47.6 Å². The third-order valence-corrected chi connectivity index (χ3v) is 10.3. The van der Waals surface area contributed by atoms with Crippen LogP contribution in [0.5, 0.6) is 28.7 Å². The molecule has 0 radical (unpaired) electrons. The molecule has 1 heterocycles. The van der Waals surface area contributed by atoms with Crippen molar-refractivity contribution in [2.45, 2.75) is 31.6 Å². The molecule has 2 aliphatic carbocycles. The molecule has 3 aliphatic rings. The predicted octanol–water partition coefficient (Wildman–Crippen LogP) is 8.66. The van der Waals surface area contributed by atoms with Gasteiger partial charge in [-0.1, -0.05) is 86.6 Å². The van der Waals surface area contributed by atoms with Gasteiger partial charge < -0.3 is 30.4 Å². The Hall–Kier alpha value is -5.62. The highest BCUT2D eigenvalue weighted by atomic mass is 16.4. The molecule has 0 saturated heterocycles. The lowest BCUT2D eigenvalue weighted by atomic mass is 9.78. The van der Waals surface area contributed by atoms with Gasteiger partial charge in [0.15, 0.2) is 11.5 Å². The number of aromatic hydroxyl groups is 5. The number of phenols is 5. The Morgan fingerprint density at radius 2 is 1.20 bits per heavy atom. The molecular formula is C39H29NO5. The first-order chi connectivity index (χ1) is 21.7. The standard InChI is InChI=1S/C39H29NO5/c1-39(2)29-14-8-7-13-23(29)26-16-28-27-15-24-21-11-5-3-9-19(21)20-10-4-6-12-22(20)25(24)17-31(27)40(32(28)18-30(26)39)33-34(41)36(43)38(45)37(44)35(33)42/h3-14,16-18,27,41-45H,15H2,1-2H3. The molecule has 0 aromatic heterocycles. The molecule has 9 rings (SSSR count). The fraction of sp³-hybridized carbons (Fsp3) is 0.128. The Morgan fingerprint density at radius 1 is 0.622 bits per heavy atom. The lowest BCUT2D eigenvalue weighted by molar-refractivity contribution is 0.329. The zero-order valence-corrected chi connectivity index (χ0v) is 24.6. The Morgan fingerprint density at radius 3 is 1.91 bits per heavy atom. The molecular weight excluding hydrogens is 562 g/mol. The highest BCUT2D eigenvalue weighted by Crippen LogP contribution is 2.63. The first-order valence-electron chi connectivity index (χ1n) is 15.1. The summed E-state index contributed by atoms with van der Waals surface area (Å²) in [6.45, 7) is 4.38. The average Bonchev–Trinajstić information content (AvgIpc) is 3.49. The van der Waals surface area contributed by atoms with Crippen molar-refractivity contribution in [1.29, 1.82) is 0 Å². The van der Waals surface area contributed by atoms with Crippen LogP contribution in [0.25, 0.3) is 38.7 Å². The first kappa shape index (κ1) is 25.8. The maximum Gasteiger partial charge on any atom is 0.208 e. The van der Waals surface area contributed by atoms with E-state index in [1.165, 1.54) is 27.5 Å². The fourth-order valence-electron chi connectivity index (χ4n) is 8.17. The zero-order valence-electron chi connectivity index (χ0n) is 24.6. The number of fused-ring (bicyclic) bond motifs is 12. The van der Waals surface area contributed by atoms with Crippen LogP contribution in [-0.4, -0.2) is 25.5 Å². The molecule has 1 aliphatic heterocycles. The van der Waals surface area contributed by atoms with E-state index in [1.54, 1.807) is 4.90 Å². The van der Waals surface area contributed by atoms with Crippen molar-refractivity contribution in [2.24, 2.45) is 0 Å². The summed E-state index contributed by atoms with van der Waals surface area (Å²) in [5.41, 5.74) is 8.99. The van der Waals surface area contributed by atoms with Crippen LogP contribution in [0.15, 0.2) is 90.6 Å². The topological polar surface area (TPSA) is 104 Å². The van der Waals surface area contributed by atoms with Crippen molar-refractivity contribution in [1.82, 2.24) is 0 Å². The lowest BCUT2D eigenvalue weighted by Crippen LogP contribution is -2.19. The summed E-state index contributed by atoms with van der Waals surface area (Å²) in [5.74, 6) is -4.36. The van der Waals surface area contributed by atoms with Crippen molar-refractivity contribution in [3.8, 4) is 39.9 Å². The van der Waals surface area contributed by atoms with Gasteiger partial charge in [0.05, 0.1) is 5.69 Å². The van der Waals surface area contributed by atoms with E-state index in [2.05, 4.69) is 92.7 Å². The van der Waals surface area contributed by atoms with Gasteiger partial charge in [0.25, 0.3) is 0 Å². The smallest absolute Gasteiger partial charge is 0.208 e. The Balaban J connectivity index is 1.40. The second-order valence-corrected chi connectivity index (χ2v) is 12.9. The van der Waals surface area contributed by atoms with Crippen molar-refractivity contribution in [3.05, 3.63) is 118 Å². The van der Waals surface area contributed by atoms with Gasteiger partial charge in [0, 0.05) is 17.0 Å². The zero-order chi connectivity index (χ0) is 30.9. The maximum absolute atomic E-state index is 11.3. The van der Waals surface area contributed by atoms with Crippen molar-refractivity contribution < 1.29 is 25.5 Å². The summed E-state index contributed by atoms with van der Waals surface area (Å²) in [6, 6.07) is 29.5. The molecule has 45 heavy (non-hydrogen) atoms. The normalized spacial score (nSPS) is 17.1. The Labute approximate surface area is 259 Å². The summed E-state index contributed by atoms with van der Waals surface area (Å²) in [7, 11) is 0. The van der Waals surface area contributed by atoms with Crippen LogP contribution < -0.4 is 4.90 Å². The summed E-state index contributed by atoms with van der Waals surface area (Å²) >= 11 is 0. The molecule has 0 bridgehead atoms. The number of hydrogen-bond donors (Lipinski definition) is 5. The monoisotopic (exact) mass is 591 g/mol. The van der Waals surface area contributed by atoms with Gasteiger partial charge in [-0.3, -0.25) is 0 Å². The van der Waals surface area contributed by atoms with Crippen LogP contribution in [0.4, 0.5) is 11.4 Å². The summed E-state index contributed by atoms with van der Waals surface area (Å²) in [6.07, 6.45) is 2.78. The van der Waals surface area contributed by atoms with Crippen LogP contribution in [0.2, 0.25) is 0 Å². The number of allylic oxidation sites excluding steroid dienone is 1. The highest BCUT2D eigenvalue weighted by molar-refractivity contribution is 6.13. The number of hydrogen-bond acceptors (Lipinski definition) is 6. The number of nitrogens with zero attached hydrogens (tertiary/aromatic N) is 1. The Bertz CT molecular complexity index is 2320. The molecule has 0 fully saturated rings. The average molecular weight is 592 g/mol. The second-order valence-electron chi connectivity index (χ2n) is 12.9. The minimum atomic E-state index is -0.976. The summed E-state index contributed by atoms with van der Waals surface area (Å²) in [5, 5.41) is 58.7. The number of benzene rings is 6. The first-order valence-corrected chi connectivity index (χ1v) is 15.1. The van der Waals surface area contributed by atoms with Crippen molar-refractivity contribution in [2.75, 3.05) is 4.90 Å². The van der Waals surface area contributed by atoms with Gasteiger partial charge in [-0.2, -0.15) is 0 Å². The van der Waals surface area contributed by atoms with E-state index < -0.39 is 28.7 Å².